The highest BCUT2D eigenvalue weighted by atomic mass is 16.3. The molecule has 0 aliphatic rings. The number of para-hydroxylation sites is 7. The molecule has 27 rings (SSSR count). The van der Waals surface area contributed by atoms with Crippen molar-refractivity contribution in [3.05, 3.63) is 452 Å². The lowest BCUT2D eigenvalue weighted by Gasteiger charge is -2.28. The maximum absolute atomic E-state index is 6.37. The van der Waals surface area contributed by atoms with Crippen LogP contribution in [0.25, 0.3) is 196 Å². The fourth-order valence-corrected chi connectivity index (χ4v) is 21.2. The van der Waals surface area contributed by atoms with Gasteiger partial charge in [0, 0.05) is 99.3 Å². The summed E-state index contributed by atoms with van der Waals surface area (Å²) in [6.07, 6.45) is 0. The summed E-state index contributed by atoms with van der Waals surface area (Å²) >= 11 is 0. The van der Waals surface area contributed by atoms with E-state index >= 15 is 0 Å². The van der Waals surface area contributed by atoms with Crippen molar-refractivity contribution in [3.8, 4) is 33.4 Å². The minimum atomic E-state index is 0.918. The fourth-order valence-electron chi connectivity index (χ4n) is 21.2. The lowest BCUT2D eigenvalue weighted by molar-refractivity contribution is 0.669. The highest BCUT2D eigenvalue weighted by Crippen LogP contribution is 2.52. The highest BCUT2D eigenvalue weighted by molar-refractivity contribution is 6.30. The maximum atomic E-state index is 6.37. The summed E-state index contributed by atoms with van der Waals surface area (Å²) in [6, 6.07) is 153. The SMILES string of the molecule is Cc1cc(C)cc(N(c2ccc(-c3cccc4c3oc3ccccc34)cc2)c2ccc3ccc4cccc5ccc2c3c45)c1.Cc1ccc2ccc3c(C)cc(N(c4ccccc4)c4ccc(-c5cccc6c5oc5ccccc56)cc4)c4ccc1c2c34.Cc1cccc(N(c2ccc(-c3cccc4c3oc3ccccc34)cc2)c2ccc3ccc4cccc5ccc2c3c45)c1. The zero-order valence-electron chi connectivity index (χ0n) is 73.0. The van der Waals surface area contributed by atoms with Crippen LogP contribution >= 0.6 is 0 Å². The molecule has 0 radical (unpaired) electrons. The Hall–Kier alpha value is -16.8. The van der Waals surface area contributed by atoms with Gasteiger partial charge in [0.25, 0.3) is 0 Å². The molecule has 0 saturated carbocycles. The first-order chi connectivity index (χ1) is 64.5. The average molecular weight is 1680 g/mol. The molecule has 6 heteroatoms. The highest BCUT2D eigenvalue weighted by Gasteiger charge is 2.26. The van der Waals surface area contributed by atoms with E-state index in [0.29, 0.717) is 0 Å². The number of fused-ring (bicyclic) bond motifs is 9. The predicted molar refractivity (Wildman–Crippen MR) is 556 cm³/mol. The van der Waals surface area contributed by atoms with Gasteiger partial charge in [0.15, 0.2) is 0 Å². The van der Waals surface area contributed by atoms with Crippen molar-refractivity contribution >= 4 is 214 Å². The molecule has 0 aliphatic carbocycles. The van der Waals surface area contributed by atoms with Crippen molar-refractivity contribution in [3.63, 3.8) is 0 Å². The number of rotatable bonds is 12. The summed E-state index contributed by atoms with van der Waals surface area (Å²) in [5, 5.41) is 30.2. The second-order valence-electron chi connectivity index (χ2n) is 35.2. The third-order valence-corrected chi connectivity index (χ3v) is 27.2. The number of furan rings is 3. The molecule has 131 heavy (non-hydrogen) atoms. The van der Waals surface area contributed by atoms with E-state index < -0.39 is 0 Å². The van der Waals surface area contributed by atoms with Crippen molar-refractivity contribution < 1.29 is 13.3 Å². The summed E-state index contributed by atoms with van der Waals surface area (Å²) in [5.41, 5.74) is 28.9. The molecule has 3 aromatic heterocycles. The van der Waals surface area contributed by atoms with Gasteiger partial charge in [-0.3, -0.25) is 0 Å². The molecule has 0 amide bonds. The molecule has 24 aromatic carbocycles. The van der Waals surface area contributed by atoms with Crippen LogP contribution in [0.2, 0.25) is 0 Å². The van der Waals surface area contributed by atoms with Gasteiger partial charge in [-0.2, -0.15) is 0 Å². The second kappa shape index (κ2) is 30.8. The van der Waals surface area contributed by atoms with Crippen LogP contribution in [0, 0.1) is 34.6 Å². The fraction of sp³-hybridized carbons (Fsp3) is 0.0400. The third-order valence-electron chi connectivity index (χ3n) is 27.2. The number of anilines is 9. The molecule has 0 unspecified atom stereocenters. The summed E-state index contributed by atoms with van der Waals surface area (Å²) in [7, 11) is 0. The molecule has 3 heterocycles. The van der Waals surface area contributed by atoms with E-state index in [9.17, 15) is 0 Å². The molecular weight excluding hydrogens is 1590 g/mol. The van der Waals surface area contributed by atoms with E-state index in [4.69, 9.17) is 13.3 Å². The molecule has 0 atom stereocenters. The minimum absolute atomic E-state index is 0.918. The Morgan fingerprint density at radius 1 is 0.168 bits per heavy atom. The zero-order valence-corrected chi connectivity index (χ0v) is 73.0. The van der Waals surface area contributed by atoms with Gasteiger partial charge < -0.3 is 28.0 Å². The summed E-state index contributed by atoms with van der Waals surface area (Å²) in [4.78, 5) is 7.21. The van der Waals surface area contributed by atoms with Crippen molar-refractivity contribution in [1.29, 1.82) is 0 Å². The molecule has 27 aromatic rings. The van der Waals surface area contributed by atoms with Crippen LogP contribution in [0.5, 0.6) is 0 Å². The van der Waals surface area contributed by atoms with E-state index in [-0.39, 0.29) is 0 Å². The van der Waals surface area contributed by atoms with Gasteiger partial charge >= 0.3 is 0 Å². The Morgan fingerprint density at radius 2 is 0.481 bits per heavy atom. The molecule has 0 saturated heterocycles. The smallest absolute Gasteiger partial charge is 0.143 e. The molecule has 618 valence electrons. The Balaban J connectivity index is 0.000000106. The first-order valence-corrected chi connectivity index (χ1v) is 45.1. The molecule has 0 fully saturated rings. The van der Waals surface area contributed by atoms with Gasteiger partial charge in [0.1, 0.15) is 33.5 Å². The molecule has 0 spiro atoms. The van der Waals surface area contributed by atoms with Crippen LogP contribution in [0.4, 0.5) is 51.2 Å². The van der Waals surface area contributed by atoms with Crippen LogP contribution in [0.3, 0.4) is 0 Å². The van der Waals surface area contributed by atoms with E-state index in [0.717, 1.165) is 133 Å². The largest absolute Gasteiger partial charge is 0.455 e. The predicted octanol–water partition coefficient (Wildman–Crippen LogP) is 36.4. The van der Waals surface area contributed by atoms with E-state index in [1.165, 1.54) is 142 Å². The van der Waals surface area contributed by atoms with E-state index in [1.54, 1.807) is 0 Å². The number of hydrogen-bond acceptors (Lipinski definition) is 6. The number of hydrogen-bond donors (Lipinski definition) is 0. The van der Waals surface area contributed by atoms with Crippen molar-refractivity contribution in [2.24, 2.45) is 0 Å². The zero-order chi connectivity index (χ0) is 87.2. The second-order valence-corrected chi connectivity index (χ2v) is 35.2. The number of nitrogens with zero attached hydrogens (tertiary/aromatic N) is 3. The van der Waals surface area contributed by atoms with Gasteiger partial charge in [0.05, 0.1) is 17.1 Å². The quantitative estimate of drug-likeness (QED) is 0.114. The Kier molecular flexibility index (Phi) is 18.0. The molecule has 6 nitrogen and oxygen atoms in total. The van der Waals surface area contributed by atoms with Gasteiger partial charge in [0.2, 0.25) is 0 Å². The summed E-state index contributed by atoms with van der Waals surface area (Å²) in [6.45, 7) is 11.0. The standard InChI is InChI=1S/2C42H29NO.C41H27NO/c1-26-23-27(2)25-33(24-26)43(38-22-18-31-14-13-29-7-5-8-30-17-21-37(38)41(31)40(29)30)32-19-15-28(16-20-32)34-10-6-11-36-35-9-3-4-12-39(35)44-42(34)36;1-26-15-16-29-19-22-33-27(2)25-38(37-24-23-32(26)40(29)41(33)37)43(30-9-4-3-5-10-30)31-20-17-28(18-21-31)34-12-8-13-36-35-11-6-7-14-39(35)44-42(34)36;1-26-7-4-10-32(25-26)42(37-24-20-30-16-15-28-8-5-9-29-19-23-36(37)40(30)39(28)29)31-21-17-27(18-22-31)33-12-6-13-35-34-11-2-3-14-38(34)43-41(33)35/h2*3-25H,1-2H3;2-25H,1H3. The number of benzene rings is 24. The van der Waals surface area contributed by atoms with Crippen LogP contribution in [0.15, 0.2) is 438 Å². The Labute approximate surface area is 757 Å². The lowest BCUT2D eigenvalue weighted by atomic mass is 9.89. The van der Waals surface area contributed by atoms with E-state index in [2.05, 4.69) is 438 Å². The normalized spacial score (nSPS) is 11.9. The topological polar surface area (TPSA) is 49.1 Å². The van der Waals surface area contributed by atoms with Gasteiger partial charge in [-0.15, -0.1) is 0 Å². The van der Waals surface area contributed by atoms with Gasteiger partial charge in [-0.25, -0.2) is 0 Å². The van der Waals surface area contributed by atoms with Gasteiger partial charge in [-0.1, -0.05) is 315 Å². The van der Waals surface area contributed by atoms with Crippen LogP contribution < -0.4 is 14.7 Å². The third kappa shape index (κ3) is 12.8. The summed E-state index contributed by atoms with van der Waals surface area (Å²) < 4.78 is 19.1. The maximum Gasteiger partial charge on any atom is 0.143 e. The van der Waals surface area contributed by atoms with E-state index in [1.807, 2.05) is 36.4 Å². The van der Waals surface area contributed by atoms with Crippen molar-refractivity contribution in [1.82, 2.24) is 0 Å². The first kappa shape index (κ1) is 76.6. The van der Waals surface area contributed by atoms with Crippen LogP contribution in [-0.4, -0.2) is 0 Å². The average Bonchev–Trinajstić information content (AvgIpc) is 1.67. The summed E-state index contributed by atoms with van der Waals surface area (Å²) in [5.74, 6) is 0. The molecular formula is C125H85N3O3. The number of aryl methyl sites for hydroxylation is 5. The first-order valence-electron chi connectivity index (χ1n) is 45.1. The van der Waals surface area contributed by atoms with Crippen molar-refractivity contribution in [2.45, 2.75) is 34.6 Å². The van der Waals surface area contributed by atoms with Crippen molar-refractivity contribution in [2.75, 3.05) is 14.7 Å². The molecule has 0 aliphatic heterocycles. The van der Waals surface area contributed by atoms with Crippen LogP contribution in [-0.2, 0) is 0 Å². The van der Waals surface area contributed by atoms with Crippen LogP contribution in [0.1, 0.15) is 27.8 Å². The monoisotopic (exact) mass is 1680 g/mol. The Bertz CT molecular complexity index is 9130. The van der Waals surface area contributed by atoms with Gasteiger partial charge in [-0.05, 0) is 269 Å². The molecule has 0 bridgehead atoms. The lowest BCUT2D eigenvalue weighted by Crippen LogP contribution is -2.11. The minimum Gasteiger partial charge on any atom is -0.455 e. The molecule has 0 N–H and O–H groups in total. The Morgan fingerprint density at radius 3 is 0.939 bits per heavy atom.